The van der Waals surface area contributed by atoms with E-state index in [0.29, 0.717) is 13.0 Å². The second-order valence-electron chi connectivity index (χ2n) is 5.31. The number of hydrogen-bond acceptors (Lipinski definition) is 3. The molecule has 0 atom stereocenters. The summed E-state index contributed by atoms with van der Waals surface area (Å²) in [7, 11) is 0. The van der Waals surface area contributed by atoms with Crippen LogP contribution in [-0.4, -0.2) is 18.1 Å². The molecule has 0 saturated carbocycles. The van der Waals surface area contributed by atoms with Crippen LogP contribution in [0.3, 0.4) is 0 Å². The van der Waals surface area contributed by atoms with Crippen molar-refractivity contribution in [3.8, 4) is 0 Å². The minimum absolute atomic E-state index is 0.167. The number of benzene rings is 1. The van der Waals surface area contributed by atoms with Gasteiger partial charge in [-0.1, -0.05) is 19.1 Å². The number of carbonyl (C=O) groups excluding carboxylic acids is 1. The zero-order valence-corrected chi connectivity index (χ0v) is 11.7. The number of nitrogens with one attached hydrogen (secondary N) is 1. The molecule has 1 rings (SSSR count). The fraction of sp³-hybridized carbons (Fsp3) is 0.533. The number of rotatable bonds is 5. The predicted molar refractivity (Wildman–Crippen MR) is 74.8 cm³/mol. The standard InChI is InChI=1S/C15H23NO2/c1-5-12-6-8-13(9-7-12)16-11-10-14(17)18-15(2,3)4/h6-9,16H,5,10-11H2,1-4H3. The highest BCUT2D eigenvalue weighted by atomic mass is 16.6. The number of ether oxygens (including phenoxy) is 1. The molecule has 0 radical (unpaired) electrons. The second kappa shape index (κ2) is 6.43. The third-order valence-corrected chi connectivity index (χ3v) is 2.44. The summed E-state index contributed by atoms with van der Waals surface area (Å²) in [4.78, 5) is 11.5. The molecule has 1 aromatic carbocycles. The van der Waals surface area contributed by atoms with E-state index in [1.165, 1.54) is 5.56 Å². The van der Waals surface area contributed by atoms with E-state index in [4.69, 9.17) is 4.74 Å². The van der Waals surface area contributed by atoms with Gasteiger partial charge in [0.2, 0.25) is 0 Å². The molecule has 0 fully saturated rings. The molecule has 18 heavy (non-hydrogen) atoms. The molecular weight excluding hydrogens is 226 g/mol. The van der Waals surface area contributed by atoms with Crippen molar-refractivity contribution in [1.82, 2.24) is 0 Å². The topological polar surface area (TPSA) is 38.3 Å². The largest absolute Gasteiger partial charge is 0.460 e. The van der Waals surface area contributed by atoms with Crippen LogP contribution in [0.5, 0.6) is 0 Å². The SMILES string of the molecule is CCc1ccc(NCCC(=O)OC(C)(C)C)cc1. The zero-order valence-electron chi connectivity index (χ0n) is 11.7. The van der Waals surface area contributed by atoms with Crippen LogP contribution in [0.2, 0.25) is 0 Å². The number of aryl methyl sites for hydroxylation is 1. The highest BCUT2D eigenvalue weighted by Crippen LogP contribution is 2.11. The molecule has 1 N–H and O–H groups in total. The molecule has 0 unspecified atom stereocenters. The van der Waals surface area contributed by atoms with E-state index in [0.717, 1.165) is 12.1 Å². The van der Waals surface area contributed by atoms with E-state index < -0.39 is 5.60 Å². The molecule has 1 aromatic rings. The quantitative estimate of drug-likeness (QED) is 0.813. The molecule has 0 amide bonds. The number of anilines is 1. The molecule has 3 nitrogen and oxygen atoms in total. The molecule has 0 aliphatic heterocycles. The van der Waals surface area contributed by atoms with Gasteiger partial charge in [-0.25, -0.2) is 0 Å². The Morgan fingerprint density at radius 3 is 2.33 bits per heavy atom. The minimum Gasteiger partial charge on any atom is -0.460 e. The van der Waals surface area contributed by atoms with Gasteiger partial charge >= 0.3 is 5.97 Å². The van der Waals surface area contributed by atoms with Crippen molar-refractivity contribution in [2.75, 3.05) is 11.9 Å². The Morgan fingerprint density at radius 1 is 1.22 bits per heavy atom. The van der Waals surface area contributed by atoms with Gasteiger partial charge in [0.05, 0.1) is 6.42 Å². The smallest absolute Gasteiger partial charge is 0.308 e. The number of carbonyl (C=O) groups is 1. The lowest BCUT2D eigenvalue weighted by Crippen LogP contribution is -2.25. The molecule has 0 spiro atoms. The molecular formula is C15H23NO2. The van der Waals surface area contributed by atoms with Gasteiger partial charge in [-0.2, -0.15) is 0 Å². The Kier molecular flexibility index (Phi) is 5.20. The van der Waals surface area contributed by atoms with Crippen molar-refractivity contribution in [3.05, 3.63) is 29.8 Å². The molecule has 3 heteroatoms. The maximum atomic E-state index is 11.5. The van der Waals surface area contributed by atoms with Gasteiger partial charge in [-0.05, 0) is 44.9 Å². The monoisotopic (exact) mass is 249 g/mol. The third-order valence-electron chi connectivity index (χ3n) is 2.44. The average molecular weight is 249 g/mol. The highest BCUT2D eigenvalue weighted by molar-refractivity contribution is 5.70. The Bertz CT molecular complexity index is 376. The van der Waals surface area contributed by atoms with Gasteiger partial charge < -0.3 is 10.1 Å². The van der Waals surface area contributed by atoms with Crippen molar-refractivity contribution in [1.29, 1.82) is 0 Å². The van der Waals surface area contributed by atoms with E-state index in [-0.39, 0.29) is 5.97 Å². The van der Waals surface area contributed by atoms with Crippen molar-refractivity contribution in [2.24, 2.45) is 0 Å². The predicted octanol–water partition coefficient (Wildman–Crippen LogP) is 3.39. The van der Waals surface area contributed by atoms with E-state index in [1.807, 2.05) is 32.9 Å². The first-order valence-corrected chi connectivity index (χ1v) is 6.45. The Labute approximate surface area is 110 Å². The summed E-state index contributed by atoms with van der Waals surface area (Å²) in [5, 5.41) is 3.21. The fourth-order valence-corrected chi connectivity index (χ4v) is 1.56. The summed E-state index contributed by atoms with van der Waals surface area (Å²) in [6, 6.07) is 8.26. The van der Waals surface area contributed by atoms with Crippen LogP contribution in [0.15, 0.2) is 24.3 Å². The van der Waals surface area contributed by atoms with Crippen molar-refractivity contribution < 1.29 is 9.53 Å². The fourth-order valence-electron chi connectivity index (χ4n) is 1.56. The average Bonchev–Trinajstić information content (AvgIpc) is 2.27. The van der Waals surface area contributed by atoms with Crippen molar-refractivity contribution in [3.63, 3.8) is 0 Å². The van der Waals surface area contributed by atoms with Crippen LogP contribution in [0.25, 0.3) is 0 Å². The molecule has 0 heterocycles. The first kappa shape index (κ1) is 14.6. The summed E-state index contributed by atoms with van der Waals surface area (Å²) in [6.07, 6.45) is 1.42. The van der Waals surface area contributed by atoms with E-state index >= 15 is 0 Å². The molecule has 100 valence electrons. The van der Waals surface area contributed by atoms with Gasteiger partial charge in [0, 0.05) is 12.2 Å². The normalized spacial score (nSPS) is 11.1. The third kappa shape index (κ3) is 5.71. The van der Waals surface area contributed by atoms with Crippen LogP contribution >= 0.6 is 0 Å². The Morgan fingerprint density at radius 2 is 1.83 bits per heavy atom. The number of hydrogen-bond donors (Lipinski definition) is 1. The molecule has 0 bridgehead atoms. The maximum absolute atomic E-state index is 11.5. The Hall–Kier alpha value is -1.51. The summed E-state index contributed by atoms with van der Waals surface area (Å²) < 4.78 is 5.23. The van der Waals surface area contributed by atoms with Crippen molar-refractivity contribution in [2.45, 2.75) is 46.1 Å². The first-order chi connectivity index (χ1) is 8.40. The lowest BCUT2D eigenvalue weighted by molar-refractivity contribution is -0.154. The van der Waals surface area contributed by atoms with Crippen molar-refractivity contribution >= 4 is 11.7 Å². The summed E-state index contributed by atoms with van der Waals surface area (Å²) in [5.74, 6) is -0.167. The molecule has 0 aliphatic rings. The van der Waals surface area contributed by atoms with Gasteiger partial charge in [0.1, 0.15) is 5.60 Å². The van der Waals surface area contributed by atoms with Crippen LogP contribution in [0, 0.1) is 0 Å². The number of esters is 1. The van der Waals surface area contributed by atoms with Gasteiger partial charge in [0.25, 0.3) is 0 Å². The minimum atomic E-state index is -0.403. The molecule has 0 saturated heterocycles. The van der Waals surface area contributed by atoms with E-state index in [2.05, 4.69) is 24.4 Å². The Balaban J connectivity index is 2.30. The summed E-state index contributed by atoms with van der Waals surface area (Å²) >= 11 is 0. The van der Waals surface area contributed by atoms with Gasteiger partial charge in [-0.15, -0.1) is 0 Å². The zero-order chi connectivity index (χ0) is 13.6. The van der Waals surface area contributed by atoms with Gasteiger partial charge in [0.15, 0.2) is 0 Å². The maximum Gasteiger partial charge on any atom is 0.308 e. The highest BCUT2D eigenvalue weighted by Gasteiger charge is 2.15. The first-order valence-electron chi connectivity index (χ1n) is 6.45. The van der Waals surface area contributed by atoms with E-state index in [1.54, 1.807) is 0 Å². The van der Waals surface area contributed by atoms with Crippen LogP contribution < -0.4 is 5.32 Å². The van der Waals surface area contributed by atoms with E-state index in [9.17, 15) is 4.79 Å². The summed E-state index contributed by atoms with van der Waals surface area (Å²) in [5.41, 5.74) is 1.95. The van der Waals surface area contributed by atoms with Crippen LogP contribution in [0.4, 0.5) is 5.69 Å². The molecule has 0 aromatic heterocycles. The second-order valence-corrected chi connectivity index (χ2v) is 5.31. The lowest BCUT2D eigenvalue weighted by atomic mass is 10.1. The van der Waals surface area contributed by atoms with Gasteiger partial charge in [-0.3, -0.25) is 4.79 Å². The molecule has 0 aliphatic carbocycles. The summed E-state index contributed by atoms with van der Waals surface area (Å²) in [6.45, 7) is 8.36. The van der Waals surface area contributed by atoms with Crippen LogP contribution in [-0.2, 0) is 16.0 Å². The lowest BCUT2D eigenvalue weighted by Gasteiger charge is -2.19. The van der Waals surface area contributed by atoms with Crippen LogP contribution in [0.1, 0.15) is 39.7 Å².